The van der Waals surface area contributed by atoms with Crippen LogP contribution in [0.1, 0.15) is 15.9 Å². The fourth-order valence-corrected chi connectivity index (χ4v) is 1.74. The molecular weight excluding hydrogens is 275 g/mol. The van der Waals surface area contributed by atoms with Gasteiger partial charge in [-0.1, -0.05) is 12.1 Å². The minimum atomic E-state index is -1.08. The van der Waals surface area contributed by atoms with Crippen molar-refractivity contribution < 1.29 is 19.1 Å². The summed E-state index contributed by atoms with van der Waals surface area (Å²) in [5.41, 5.74) is 1.47. The van der Waals surface area contributed by atoms with Gasteiger partial charge >= 0.3 is 12.0 Å². The van der Waals surface area contributed by atoms with Crippen molar-refractivity contribution in [1.82, 2.24) is 0 Å². The number of carboxylic acids is 1. The van der Waals surface area contributed by atoms with Gasteiger partial charge in [0.15, 0.2) is 0 Å². The predicted octanol–water partition coefficient (Wildman–Crippen LogP) is 3.48. The molecule has 0 aromatic heterocycles. The van der Waals surface area contributed by atoms with E-state index in [1.54, 1.807) is 19.1 Å². The maximum atomic E-state index is 13.0. The third kappa shape index (κ3) is 3.79. The third-order valence-electron chi connectivity index (χ3n) is 2.82. The van der Waals surface area contributed by atoms with E-state index in [0.29, 0.717) is 11.4 Å². The quantitative estimate of drug-likeness (QED) is 0.809. The summed E-state index contributed by atoms with van der Waals surface area (Å²) < 4.78 is 13.0. The molecule has 0 bridgehead atoms. The number of carbonyl (C=O) groups is 2. The summed E-state index contributed by atoms with van der Waals surface area (Å²) in [5, 5.41) is 13.9. The number of urea groups is 1. The summed E-state index contributed by atoms with van der Waals surface area (Å²) in [4.78, 5) is 22.7. The van der Waals surface area contributed by atoms with E-state index < -0.39 is 17.8 Å². The van der Waals surface area contributed by atoms with Crippen LogP contribution in [-0.2, 0) is 0 Å². The van der Waals surface area contributed by atoms with Gasteiger partial charge in [0.25, 0.3) is 0 Å². The van der Waals surface area contributed by atoms with E-state index in [1.807, 2.05) is 0 Å². The number of hydrogen-bond donors (Lipinski definition) is 3. The fraction of sp³-hybridized carbons (Fsp3) is 0.0667. The lowest BCUT2D eigenvalue weighted by atomic mass is 10.1. The molecule has 2 aromatic rings. The zero-order valence-electron chi connectivity index (χ0n) is 11.2. The highest BCUT2D eigenvalue weighted by atomic mass is 19.1. The van der Waals surface area contributed by atoms with E-state index in [9.17, 15) is 14.0 Å². The lowest BCUT2D eigenvalue weighted by Crippen LogP contribution is -2.20. The first-order chi connectivity index (χ1) is 9.95. The second-order valence-corrected chi connectivity index (χ2v) is 4.42. The van der Waals surface area contributed by atoms with Crippen LogP contribution in [0.3, 0.4) is 0 Å². The van der Waals surface area contributed by atoms with Crippen molar-refractivity contribution in [2.24, 2.45) is 0 Å². The molecule has 6 heteroatoms. The third-order valence-corrected chi connectivity index (χ3v) is 2.82. The van der Waals surface area contributed by atoms with Crippen LogP contribution in [0.15, 0.2) is 42.5 Å². The van der Waals surface area contributed by atoms with E-state index in [4.69, 9.17) is 5.11 Å². The Balaban J connectivity index is 2.12. The van der Waals surface area contributed by atoms with Crippen LogP contribution in [0.25, 0.3) is 0 Å². The van der Waals surface area contributed by atoms with Crippen molar-refractivity contribution >= 4 is 23.4 Å². The van der Waals surface area contributed by atoms with Crippen LogP contribution >= 0.6 is 0 Å². The monoisotopic (exact) mass is 288 g/mol. The van der Waals surface area contributed by atoms with Crippen LogP contribution in [0.5, 0.6) is 0 Å². The second-order valence-electron chi connectivity index (χ2n) is 4.42. The highest BCUT2D eigenvalue weighted by Crippen LogP contribution is 2.18. The number of amides is 2. The minimum Gasteiger partial charge on any atom is -0.478 e. The molecular formula is C15H13FN2O3. The highest BCUT2D eigenvalue weighted by molar-refractivity contribution is 6.01. The Morgan fingerprint density at radius 3 is 2.52 bits per heavy atom. The first-order valence-electron chi connectivity index (χ1n) is 6.13. The van der Waals surface area contributed by atoms with Crippen molar-refractivity contribution in [2.45, 2.75) is 6.92 Å². The normalized spacial score (nSPS) is 10.0. The number of halogens is 1. The average Bonchev–Trinajstić information content (AvgIpc) is 2.41. The number of aromatic carboxylic acids is 1. The molecule has 0 heterocycles. The molecule has 0 unspecified atom stereocenters. The molecule has 2 amide bonds. The van der Waals surface area contributed by atoms with Crippen LogP contribution in [-0.4, -0.2) is 17.1 Å². The van der Waals surface area contributed by atoms with E-state index in [2.05, 4.69) is 10.6 Å². The summed E-state index contributed by atoms with van der Waals surface area (Å²) in [5.74, 6) is -1.54. The van der Waals surface area contributed by atoms with Gasteiger partial charge in [0.2, 0.25) is 0 Å². The van der Waals surface area contributed by atoms with Crippen molar-refractivity contribution in [3.63, 3.8) is 0 Å². The van der Waals surface area contributed by atoms with Crippen molar-refractivity contribution in [2.75, 3.05) is 10.6 Å². The van der Waals surface area contributed by atoms with Gasteiger partial charge in [-0.15, -0.1) is 0 Å². The largest absolute Gasteiger partial charge is 0.478 e. The zero-order chi connectivity index (χ0) is 15.4. The first-order valence-corrected chi connectivity index (χ1v) is 6.13. The first kappa shape index (κ1) is 14.5. The summed E-state index contributed by atoms with van der Waals surface area (Å²) in [6.45, 7) is 1.74. The van der Waals surface area contributed by atoms with Crippen molar-refractivity contribution in [3.8, 4) is 0 Å². The van der Waals surface area contributed by atoms with Crippen LogP contribution < -0.4 is 10.6 Å². The Kier molecular flexibility index (Phi) is 4.18. The molecule has 0 spiro atoms. The van der Waals surface area contributed by atoms with Crippen molar-refractivity contribution in [3.05, 3.63) is 59.4 Å². The number of carboxylic acid groups (broad SMARTS) is 1. The lowest BCUT2D eigenvalue weighted by molar-refractivity contribution is 0.0697. The molecule has 0 aliphatic heterocycles. The molecule has 0 aliphatic carbocycles. The Bertz CT molecular complexity index is 701. The van der Waals surface area contributed by atoms with Gasteiger partial charge in [0.1, 0.15) is 5.82 Å². The summed E-state index contributed by atoms with van der Waals surface area (Å²) in [6.07, 6.45) is 0. The number of nitrogens with one attached hydrogen (secondary N) is 2. The van der Waals surface area contributed by atoms with Crippen molar-refractivity contribution in [1.29, 1.82) is 0 Å². The summed E-state index contributed by atoms with van der Waals surface area (Å²) >= 11 is 0. The Morgan fingerprint density at radius 1 is 1.10 bits per heavy atom. The van der Waals surface area contributed by atoms with E-state index in [-0.39, 0.29) is 5.56 Å². The molecule has 0 radical (unpaired) electrons. The number of hydrogen-bond acceptors (Lipinski definition) is 2. The predicted molar refractivity (Wildman–Crippen MR) is 77.2 cm³/mol. The Labute approximate surface area is 120 Å². The SMILES string of the molecule is Cc1ccc(C(=O)O)cc1NC(=O)Nc1cccc(F)c1. The molecule has 3 N–H and O–H groups in total. The Morgan fingerprint density at radius 2 is 1.86 bits per heavy atom. The second kappa shape index (κ2) is 6.04. The number of aryl methyl sites for hydroxylation is 1. The number of rotatable bonds is 3. The number of anilines is 2. The van der Waals surface area contributed by atoms with Gasteiger partial charge in [-0.25, -0.2) is 14.0 Å². The van der Waals surface area contributed by atoms with E-state index in [1.165, 1.54) is 30.3 Å². The highest BCUT2D eigenvalue weighted by Gasteiger charge is 2.09. The molecule has 21 heavy (non-hydrogen) atoms. The van der Waals surface area contributed by atoms with Gasteiger partial charge in [-0.2, -0.15) is 0 Å². The van der Waals surface area contributed by atoms with Gasteiger partial charge < -0.3 is 15.7 Å². The maximum Gasteiger partial charge on any atom is 0.335 e. The maximum absolute atomic E-state index is 13.0. The average molecular weight is 288 g/mol. The summed E-state index contributed by atoms with van der Waals surface area (Å²) in [7, 11) is 0. The molecule has 0 fully saturated rings. The summed E-state index contributed by atoms with van der Waals surface area (Å²) in [6, 6.07) is 9.30. The standard InChI is InChI=1S/C15H13FN2O3/c1-9-5-6-10(14(19)20)7-13(9)18-15(21)17-12-4-2-3-11(16)8-12/h2-8H,1H3,(H,19,20)(H2,17,18,21). The molecule has 0 aliphatic rings. The molecule has 5 nitrogen and oxygen atoms in total. The van der Waals surface area contributed by atoms with Gasteiger partial charge in [-0.05, 0) is 42.8 Å². The fourth-order valence-electron chi connectivity index (χ4n) is 1.74. The lowest BCUT2D eigenvalue weighted by Gasteiger charge is -2.10. The van der Waals surface area contributed by atoms with E-state index >= 15 is 0 Å². The topological polar surface area (TPSA) is 78.4 Å². The van der Waals surface area contributed by atoms with Gasteiger partial charge in [0, 0.05) is 11.4 Å². The van der Waals surface area contributed by atoms with E-state index in [0.717, 1.165) is 5.56 Å². The van der Waals surface area contributed by atoms with Gasteiger partial charge in [-0.3, -0.25) is 0 Å². The smallest absolute Gasteiger partial charge is 0.335 e. The molecule has 2 aromatic carbocycles. The van der Waals surface area contributed by atoms with Crippen LogP contribution in [0.4, 0.5) is 20.6 Å². The number of carbonyl (C=O) groups excluding carboxylic acids is 1. The minimum absolute atomic E-state index is 0.0710. The molecule has 2 rings (SSSR count). The van der Waals surface area contributed by atoms with Gasteiger partial charge in [0.05, 0.1) is 5.56 Å². The molecule has 0 atom stereocenters. The van der Waals surface area contributed by atoms with Crippen LogP contribution in [0.2, 0.25) is 0 Å². The zero-order valence-corrected chi connectivity index (χ0v) is 11.2. The number of benzene rings is 2. The molecule has 108 valence electrons. The molecule has 0 saturated heterocycles. The van der Waals surface area contributed by atoms with Crippen LogP contribution in [0, 0.1) is 12.7 Å². The molecule has 0 saturated carbocycles. The Hall–Kier alpha value is -2.89.